The molecule has 0 heterocycles. The third-order valence-corrected chi connectivity index (χ3v) is 7.27. The highest BCUT2D eigenvalue weighted by Gasteiger charge is 2.29. The van der Waals surface area contributed by atoms with Gasteiger partial charge in [0.25, 0.3) is 5.91 Å². The van der Waals surface area contributed by atoms with Crippen LogP contribution in [0.3, 0.4) is 0 Å². The van der Waals surface area contributed by atoms with E-state index in [1.54, 1.807) is 12.1 Å². The molecule has 1 N–H and O–H groups in total. The Morgan fingerprint density at radius 3 is 2.71 bits per heavy atom. The molecule has 1 aromatic carbocycles. The third-order valence-electron chi connectivity index (χ3n) is 4.45. The lowest BCUT2D eigenvalue weighted by molar-refractivity contribution is -0.114. The number of benzene rings is 1. The second-order valence-corrected chi connectivity index (χ2v) is 9.97. The van der Waals surface area contributed by atoms with Gasteiger partial charge in [0.1, 0.15) is 5.82 Å². The summed E-state index contributed by atoms with van der Waals surface area (Å²) in [7, 11) is -0.874. The van der Waals surface area contributed by atoms with Gasteiger partial charge in [0, 0.05) is 14.0 Å². The van der Waals surface area contributed by atoms with Gasteiger partial charge in [0.05, 0.1) is 4.83 Å². The first-order chi connectivity index (χ1) is 11.3. The van der Waals surface area contributed by atoms with Crippen LogP contribution in [0.5, 0.6) is 0 Å². The molecule has 123 valence electrons. The number of carbonyl (C=O) groups excluding carboxylic acids is 1. The van der Waals surface area contributed by atoms with Crippen molar-refractivity contribution in [2.24, 2.45) is 0 Å². The number of carbonyl (C=O) groups is 1. The molecule has 1 aromatic rings. The first-order valence-corrected chi connectivity index (χ1v) is 11.2. The van der Waals surface area contributed by atoms with Crippen molar-refractivity contribution in [1.29, 1.82) is 0 Å². The van der Waals surface area contributed by atoms with Gasteiger partial charge in [-0.2, -0.15) is 0 Å². The monoisotopic (exact) mass is 402 g/mol. The number of fused-ring (bicyclic) bond motifs is 1. The highest BCUT2D eigenvalue weighted by atomic mass is 79.9. The minimum atomic E-state index is -0.874. The van der Waals surface area contributed by atoms with Crippen molar-refractivity contribution in [1.82, 2.24) is 5.73 Å². The molecule has 1 amide bonds. The molecule has 0 spiro atoms. The fraction of sp³-hybridized carbons (Fsp3) is 0.263. The number of hydrogen-bond acceptors (Lipinski definition) is 1. The molecular weight excluding hydrogens is 385 g/mol. The van der Waals surface area contributed by atoms with Gasteiger partial charge in [0.15, 0.2) is 0 Å². The predicted molar refractivity (Wildman–Crippen MR) is 103 cm³/mol. The van der Waals surface area contributed by atoms with Gasteiger partial charge in [-0.1, -0.05) is 58.9 Å². The standard InChI is InChI=1S/C19H18BrFNOSi/c1-10-8-13-11(5-7-16(21)14(13)9-10)17-12(19(22)23)4-6-15(20)18(17)24(2)3/h4-8,15,22H,9H2,1-3H3. The molecule has 0 aliphatic heterocycles. The zero-order chi connectivity index (χ0) is 17.6. The summed E-state index contributed by atoms with van der Waals surface area (Å²) in [6, 6.07) is 3.24. The largest absolute Gasteiger partial charge is 0.270 e. The van der Waals surface area contributed by atoms with Crippen LogP contribution in [-0.4, -0.2) is 24.3 Å². The predicted octanol–water partition coefficient (Wildman–Crippen LogP) is 4.19. The van der Waals surface area contributed by atoms with Crippen LogP contribution in [0.4, 0.5) is 4.39 Å². The minimum Gasteiger partial charge on any atom is -0.267 e. The Kier molecular flexibility index (Phi) is 4.58. The van der Waals surface area contributed by atoms with E-state index in [9.17, 15) is 9.18 Å². The van der Waals surface area contributed by atoms with Gasteiger partial charge in [0.2, 0.25) is 0 Å². The van der Waals surface area contributed by atoms with Crippen LogP contribution >= 0.6 is 15.9 Å². The molecule has 2 nitrogen and oxygen atoms in total. The molecule has 0 fully saturated rings. The summed E-state index contributed by atoms with van der Waals surface area (Å²) in [6.07, 6.45) is 6.25. The number of nitrogens with one attached hydrogen (secondary N) is 1. The normalized spacial score (nSPS) is 19.5. The Morgan fingerprint density at radius 2 is 2.08 bits per heavy atom. The zero-order valence-electron chi connectivity index (χ0n) is 13.8. The van der Waals surface area contributed by atoms with Crippen LogP contribution in [0.2, 0.25) is 13.1 Å². The average Bonchev–Trinajstić information content (AvgIpc) is 2.89. The Labute approximate surface area is 151 Å². The molecule has 1 radical (unpaired) electrons. The van der Waals surface area contributed by atoms with Crippen molar-refractivity contribution >= 4 is 47.1 Å². The highest BCUT2D eigenvalue weighted by molar-refractivity contribution is 9.10. The second-order valence-electron chi connectivity index (χ2n) is 6.45. The lowest BCUT2D eigenvalue weighted by Crippen LogP contribution is -2.27. The van der Waals surface area contributed by atoms with E-state index in [-0.39, 0.29) is 10.6 Å². The van der Waals surface area contributed by atoms with E-state index >= 15 is 0 Å². The van der Waals surface area contributed by atoms with E-state index in [1.807, 2.05) is 19.1 Å². The van der Waals surface area contributed by atoms with E-state index in [2.05, 4.69) is 29.0 Å². The molecule has 3 rings (SSSR count). The lowest BCUT2D eigenvalue weighted by atomic mass is 9.87. The van der Waals surface area contributed by atoms with Crippen LogP contribution in [0, 0.1) is 5.82 Å². The van der Waals surface area contributed by atoms with E-state index in [4.69, 9.17) is 5.73 Å². The number of amides is 1. The van der Waals surface area contributed by atoms with E-state index < -0.39 is 14.3 Å². The van der Waals surface area contributed by atoms with E-state index in [0.717, 1.165) is 27.4 Å². The van der Waals surface area contributed by atoms with Crippen molar-refractivity contribution in [3.05, 3.63) is 57.9 Å². The van der Waals surface area contributed by atoms with Crippen LogP contribution in [-0.2, 0) is 11.2 Å². The fourth-order valence-electron chi connectivity index (χ4n) is 3.43. The summed E-state index contributed by atoms with van der Waals surface area (Å²) < 4.78 is 14.2. The molecule has 0 saturated carbocycles. The summed E-state index contributed by atoms with van der Waals surface area (Å²) in [4.78, 5) is 12.0. The third kappa shape index (κ3) is 2.80. The first kappa shape index (κ1) is 17.2. The van der Waals surface area contributed by atoms with Crippen molar-refractivity contribution in [2.45, 2.75) is 31.3 Å². The molecule has 2 aliphatic rings. The molecule has 0 aromatic heterocycles. The summed E-state index contributed by atoms with van der Waals surface area (Å²) in [5.41, 5.74) is 12.4. The molecule has 0 bridgehead atoms. The van der Waals surface area contributed by atoms with Crippen LogP contribution < -0.4 is 5.73 Å². The van der Waals surface area contributed by atoms with Gasteiger partial charge in [-0.25, -0.2) is 4.39 Å². The van der Waals surface area contributed by atoms with Gasteiger partial charge in [-0.05, 0) is 46.8 Å². The Morgan fingerprint density at radius 1 is 1.38 bits per heavy atom. The molecule has 1 atom stereocenters. The maximum atomic E-state index is 14.2. The molecule has 1 unspecified atom stereocenters. The van der Waals surface area contributed by atoms with Crippen molar-refractivity contribution in [3.63, 3.8) is 0 Å². The van der Waals surface area contributed by atoms with Gasteiger partial charge < -0.3 is 0 Å². The van der Waals surface area contributed by atoms with E-state index in [1.165, 1.54) is 6.07 Å². The minimum absolute atomic E-state index is 0.0478. The summed E-state index contributed by atoms with van der Waals surface area (Å²) in [6.45, 7) is 6.33. The second kappa shape index (κ2) is 6.37. The van der Waals surface area contributed by atoms with Crippen molar-refractivity contribution in [2.75, 3.05) is 0 Å². The summed E-state index contributed by atoms with van der Waals surface area (Å²) in [5.74, 6) is -0.902. The SMILES string of the molecule is CC1=Cc2c(C3=C(C([NH])=O)C=CC(Br)C3=[Si](C)C)ccc(F)c2C1. The molecular formula is C19H18BrFNOSi. The number of hydrogen-bond donors (Lipinski definition) is 0. The first-order valence-electron chi connectivity index (χ1n) is 7.80. The van der Waals surface area contributed by atoms with E-state index in [0.29, 0.717) is 17.6 Å². The highest BCUT2D eigenvalue weighted by Crippen LogP contribution is 2.37. The molecule has 5 heteroatoms. The molecule has 0 saturated heterocycles. The number of rotatable bonds is 2. The van der Waals surface area contributed by atoms with Crippen LogP contribution in [0.1, 0.15) is 23.6 Å². The summed E-state index contributed by atoms with van der Waals surface area (Å²) in [5, 5.41) is 1.16. The Bertz CT molecular complexity index is 876. The quantitative estimate of drug-likeness (QED) is 0.539. The fourth-order valence-corrected chi connectivity index (χ4v) is 6.60. The van der Waals surface area contributed by atoms with Crippen LogP contribution in [0.25, 0.3) is 11.6 Å². The topological polar surface area (TPSA) is 40.9 Å². The number of allylic oxidation sites excluding steroid dienone is 3. The zero-order valence-corrected chi connectivity index (χ0v) is 16.4. The lowest BCUT2D eigenvalue weighted by Gasteiger charge is -2.25. The molecule has 24 heavy (non-hydrogen) atoms. The van der Waals surface area contributed by atoms with Crippen LogP contribution in [0.15, 0.2) is 35.4 Å². The number of alkyl halides is 1. The summed E-state index contributed by atoms with van der Waals surface area (Å²) >= 11 is 3.68. The number of halogens is 2. The maximum Gasteiger partial charge on any atom is 0.270 e. The van der Waals surface area contributed by atoms with Gasteiger partial charge >= 0.3 is 0 Å². The Hall–Kier alpha value is -1.59. The van der Waals surface area contributed by atoms with Crippen molar-refractivity contribution in [3.8, 4) is 0 Å². The maximum absolute atomic E-state index is 14.2. The van der Waals surface area contributed by atoms with Gasteiger partial charge in [-0.3, -0.25) is 10.5 Å². The smallest absolute Gasteiger partial charge is 0.267 e. The average molecular weight is 403 g/mol. The van der Waals surface area contributed by atoms with Crippen molar-refractivity contribution < 1.29 is 9.18 Å². The van der Waals surface area contributed by atoms with Gasteiger partial charge in [-0.15, -0.1) is 0 Å². The Balaban J connectivity index is 2.37. The molecule has 2 aliphatic carbocycles.